The Morgan fingerprint density at radius 2 is 1.89 bits per heavy atom. The molecule has 0 heterocycles. The van der Waals surface area contributed by atoms with Crippen LogP contribution in [0, 0.1) is 0 Å². The maximum atomic E-state index is 10.6. The Bertz CT molecular complexity index is 776. The van der Waals surface area contributed by atoms with Gasteiger partial charge in [-0.3, -0.25) is 0 Å². The molecule has 2 rings (SSSR count). The molecule has 0 spiro atoms. The van der Waals surface area contributed by atoms with Gasteiger partial charge >= 0.3 is 5.97 Å². The molecule has 0 radical (unpaired) electrons. The number of aliphatic hydroxyl groups excluding tert-OH is 1. The number of carbonyl (C=O) groups is 1. The van der Waals surface area contributed by atoms with Crippen LogP contribution in [0.25, 0.3) is 6.08 Å². The minimum absolute atomic E-state index is 0.130. The first kappa shape index (κ1) is 21.1. The summed E-state index contributed by atoms with van der Waals surface area (Å²) in [6.07, 6.45) is 1.98. The maximum absolute atomic E-state index is 10.6. The van der Waals surface area contributed by atoms with E-state index in [4.69, 9.17) is 9.84 Å². The second-order valence-electron chi connectivity index (χ2n) is 7.29. The van der Waals surface area contributed by atoms with Crippen molar-refractivity contribution in [2.75, 3.05) is 12.4 Å². The van der Waals surface area contributed by atoms with Crippen molar-refractivity contribution < 1.29 is 19.7 Å². The van der Waals surface area contributed by atoms with Crippen LogP contribution in [0.5, 0.6) is 5.75 Å². The Kier molecular flexibility index (Phi) is 7.51. The van der Waals surface area contributed by atoms with E-state index in [1.165, 1.54) is 11.6 Å². The quantitative estimate of drug-likeness (QED) is 0.512. The second kappa shape index (κ2) is 9.62. The molecule has 5 heteroatoms. The average Bonchev–Trinajstić information content (AvgIpc) is 2.63. The van der Waals surface area contributed by atoms with Gasteiger partial charge < -0.3 is 14.9 Å². The molecule has 0 fully saturated rings. The lowest BCUT2D eigenvalue weighted by atomic mass is 9.87. The molecule has 0 saturated carbocycles. The van der Waals surface area contributed by atoms with Gasteiger partial charge in [0.2, 0.25) is 0 Å². The van der Waals surface area contributed by atoms with Gasteiger partial charge in [-0.05, 0) is 46.9 Å². The van der Waals surface area contributed by atoms with Gasteiger partial charge in [-0.15, -0.1) is 11.8 Å². The van der Waals surface area contributed by atoms with Gasteiger partial charge in [0.1, 0.15) is 12.4 Å². The lowest BCUT2D eigenvalue weighted by Gasteiger charge is -2.19. The van der Waals surface area contributed by atoms with Crippen LogP contribution in [0.15, 0.2) is 59.5 Å². The fraction of sp³-hybridized carbons (Fsp3) is 0.318. The highest BCUT2D eigenvalue weighted by Gasteiger charge is 2.13. The molecule has 2 aromatic rings. The van der Waals surface area contributed by atoms with E-state index in [2.05, 4.69) is 45.0 Å². The second-order valence-corrected chi connectivity index (χ2v) is 8.39. The molecule has 0 saturated heterocycles. The Labute approximate surface area is 164 Å². The molecular weight excluding hydrogens is 360 g/mol. The Morgan fingerprint density at radius 3 is 2.52 bits per heavy atom. The summed E-state index contributed by atoms with van der Waals surface area (Å²) in [5.74, 6) is 0.137. The van der Waals surface area contributed by atoms with Crippen molar-refractivity contribution in [3.05, 3.63) is 65.7 Å². The molecule has 0 amide bonds. The Balaban J connectivity index is 1.82. The van der Waals surface area contributed by atoms with Crippen LogP contribution in [0.2, 0.25) is 0 Å². The van der Waals surface area contributed by atoms with Gasteiger partial charge in [0, 0.05) is 16.7 Å². The van der Waals surface area contributed by atoms with Crippen LogP contribution >= 0.6 is 11.8 Å². The minimum Gasteiger partial charge on any atom is -0.491 e. The van der Waals surface area contributed by atoms with E-state index in [-0.39, 0.29) is 12.0 Å². The Hall–Kier alpha value is -2.24. The van der Waals surface area contributed by atoms with E-state index in [1.54, 1.807) is 36.0 Å². The zero-order chi connectivity index (χ0) is 19.9. The summed E-state index contributed by atoms with van der Waals surface area (Å²) >= 11 is 1.59. The van der Waals surface area contributed by atoms with Gasteiger partial charge in [-0.1, -0.05) is 45.0 Å². The third kappa shape index (κ3) is 7.49. The normalized spacial score (nSPS) is 12.9. The predicted octanol–water partition coefficient (Wildman–Crippen LogP) is 4.61. The Morgan fingerprint density at radius 1 is 1.19 bits per heavy atom. The van der Waals surface area contributed by atoms with E-state index >= 15 is 0 Å². The molecule has 144 valence electrons. The number of thioether (sulfide) groups is 1. The van der Waals surface area contributed by atoms with Gasteiger partial charge in [-0.25, -0.2) is 4.79 Å². The molecule has 1 unspecified atom stereocenters. The minimum atomic E-state index is -0.996. The first-order valence-corrected chi connectivity index (χ1v) is 9.78. The summed E-state index contributed by atoms with van der Waals surface area (Å²) in [4.78, 5) is 11.7. The monoisotopic (exact) mass is 386 g/mol. The zero-order valence-electron chi connectivity index (χ0n) is 15.9. The van der Waals surface area contributed by atoms with Crippen LogP contribution in [-0.4, -0.2) is 34.6 Å². The number of carboxylic acids is 1. The third-order valence-corrected chi connectivity index (χ3v) is 5.04. The van der Waals surface area contributed by atoms with Crippen LogP contribution in [0.1, 0.15) is 31.9 Å². The van der Waals surface area contributed by atoms with Crippen molar-refractivity contribution in [1.82, 2.24) is 0 Å². The van der Waals surface area contributed by atoms with Crippen molar-refractivity contribution in [1.29, 1.82) is 0 Å². The van der Waals surface area contributed by atoms with Crippen molar-refractivity contribution in [3.8, 4) is 5.75 Å². The number of carboxylic acid groups (broad SMARTS) is 1. The first-order chi connectivity index (χ1) is 12.7. The SMILES string of the molecule is CC(C)(C)c1ccc(SCC(O)COc2cccc(C=CC(=O)O)c2)cc1. The smallest absolute Gasteiger partial charge is 0.328 e. The number of aliphatic hydroxyl groups is 1. The highest BCUT2D eigenvalue weighted by molar-refractivity contribution is 7.99. The van der Waals surface area contributed by atoms with E-state index in [1.807, 2.05) is 0 Å². The standard InChI is InChI=1S/C22H26O4S/c1-22(2,3)17-8-10-20(11-9-17)27-15-18(23)14-26-19-6-4-5-16(13-19)7-12-21(24)25/h4-13,18,23H,14-15H2,1-3H3,(H,24,25). The molecule has 27 heavy (non-hydrogen) atoms. The van der Waals surface area contributed by atoms with E-state index < -0.39 is 12.1 Å². The number of hydrogen-bond acceptors (Lipinski definition) is 4. The molecule has 0 aliphatic rings. The van der Waals surface area contributed by atoms with E-state index in [0.29, 0.717) is 11.5 Å². The summed E-state index contributed by atoms with van der Waals surface area (Å²) in [6.45, 7) is 6.73. The fourth-order valence-electron chi connectivity index (χ4n) is 2.36. The lowest BCUT2D eigenvalue weighted by Crippen LogP contribution is -2.20. The summed E-state index contributed by atoms with van der Waals surface area (Å²) in [6, 6.07) is 15.5. The van der Waals surface area contributed by atoms with Gasteiger partial charge in [-0.2, -0.15) is 0 Å². The maximum Gasteiger partial charge on any atom is 0.328 e. The molecule has 0 aliphatic carbocycles. The van der Waals surface area contributed by atoms with Crippen molar-refractivity contribution in [2.45, 2.75) is 37.2 Å². The number of benzene rings is 2. The highest BCUT2D eigenvalue weighted by Crippen LogP contribution is 2.26. The van der Waals surface area contributed by atoms with Crippen molar-refractivity contribution >= 4 is 23.8 Å². The topological polar surface area (TPSA) is 66.8 Å². The third-order valence-electron chi connectivity index (χ3n) is 3.88. The molecular formula is C22H26O4S. The lowest BCUT2D eigenvalue weighted by molar-refractivity contribution is -0.131. The van der Waals surface area contributed by atoms with Crippen LogP contribution < -0.4 is 4.74 Å². The van der Waals surface area contributed by atoms with Gasteiger partial charge in [0.05, 0.1) is 6.10 Å². The summed E-state index contributed by atoms with van der Waals surface area (Å²) in [5, 5.41) is 18.8. The number of ether oxygens (including phenoxy) is 1. The zero-order valence-corrected chi connectivity index (χ0v) is 16.7. The first-order valence-electron chi connectivity index (χ1n) is 8.79. The van der Waals surface area contributed by atoms with Crippen molar-refractivity contribution in [3.63, 3.8) is 0 Å². The molecule has 0 aliphatic heterocycles. The molecule has 2 aromatic carbocycles. The molecule has 2 N–H and O–H groups in total. The molecule has 1 atom stereocenters. The van der Waals surface area contributed by atoms with Crippen LogP contribution in [-0.2, 0) is 10.2 Å². The van der Waals surface area contributed by atoms with E-state index in [9.17, 15) is 9.90 Å². The average molecular weight is 387 g/mol. The van der Waals surface area contributed by atoms with Gasteiger partial charge in [0.15, 0.2) is 0 Å². The number of aliphatic carboxylic acids is 1. The number of hydrogen-bond donors (Lipinski definition) is 2. The summed E-state index contributed by atoms with van der Waals surface area (Å²) in [7, 11) is 0. The summed E-state index contributed by atoms with van der Waals surface area (Å²) < 4.78 is 5.62. The molecule has 0 aromatic heterocycles. The van der Waals surface area contributed by atoms with Crippen LogP contribution in [0.4, 0.5) is 0 Å². The largest absolute Gasteiger partial charge is 0.491 e. The number of rotatable bonds is 8. The van der Waals surface area contributed by atoms with Crippen molar-refractivity contribution in [2.24, 2.45) is 0 Å². The molecule has 0 bridgehead atoms. The fourth-order valence-corrected chi connectivity index (χ4v) is 3.17. The predicted molar refractivity (Wildman–Crippen MR) is 110 cm³/mol. The summed E-state index contributed by atoms with van der Waals surface area (Å²) in [5.41, 5.74) is 2.15. The molecule has 4 nitrogen and oxygen atoms in total. The van der Waals surface area contributed by atoms with Gasteiger partial charge in [0.25, 0.3) is 0 Å². The highest BCUT2D eigenvalue weighted by atomic mass is 32.2. The van der Waals surface area contributed by atoms with Crippen LogP contribution in [0.3, 0.4) is 0 Å². The van der Waals surface area contributed by atoms with E-state index in [0.717, 1.165) is 16.5 Å².